The van der Waals surface area contributed by atoms with Gasteiger partial charge in [0.2, 0.25) is 0 Å². The second-order valence-corrected chi connectivity index (χ2v) is 8.39. The molecule has 0 spiro atoms. The first-order valence-electron chi connectivity index (χ1n) is 11.5. The second kappa shape index (κ2) is 10.4. The summed E-state index contributed by atoms with van der Waals surface area (Å²) in [5, 5.41) is 11.4. The van der Waals surface area contributed by atoms with Crippen molar-refractivity contribution in [2.75, 3.05) is 13.7 Å². The minimum absolute atomic E-state index is 0.0504. The highest BCUT2D eigenvalue weighted by Crippen LogP contribution is 2.41. The number of aliphatic hydroxyl groups is 1. The molecule has 1 aromatic heterocycles. The number of carbonyl (C=O) groups excluding carboxylic acids is 2. The Kier molecular flexibility index (Phi) is 7.15. The molecule has 0 aliphatic carbocycles. The molecule has 4 rings (SSSR count). The molecule has 0 bridgehead atoms. The maximum absolute atomic E-state index is 13.3. The van der Waals surface area contributed by atoms with E-state index in [1.165, 1.54) is 4.90 Å². The zero-order chi connectivity index (χ0) is 24.9. The van der Waals surface area contributed by atoms with Gasteiger partial charge in [0.15, 0.2) is 0 Å². The van der Waals surface area contributed by atoms with Crippen LogP contribution in [0.15, 0.2) is 72.6 Å². The van der Waals surface area contributed by atoms with Crippen LogP contribution in [0.1, 0.15) is 41.6 Å². The van der Waals surface area contributed by atoms with Crippen molar-refractivity contribution < 1.29 is 24.2 Å². The lowest BCUT2D eigenvalue weighted by atomic mass is 9.93. The van der Waals surface area contributed by atoms with Crippen molar-refractivity contribution in [1.29, 1.82) is 0 Å². The molecule has 1 aliphatic heterocycles. The molecule has 7 nitrogen and oxygen atoms in total. The van der Waals surface area contributed by atoms with Crippen LogP contribution in [-0.2, 0) is 16.1 Å². The lowest BCUT2D eigenvalue weighted by Crippen LogP contribution is -2.29. The summed E-state index contributed by atoms with van der Waals surface area (Å²) in [7, 11) is 1.57. The highest BCUT2D eigenvalue weighted by molar-refractivity contribution is 6.46. The second-order valence-electron chi connectivity index (χ2n) is 8.39. The third kappa shape index (κ3) is 4.89. The SMILES string of the molecule is CCCOc1ccc(/C(O)=C2\C(=O)C(=O)N(Cc3cccnc3)C2c2ccc(OC)cc2)c(C)c1. The number of carbonyl (C=O) groups is 2. The van der Waals surface area contributed by atoms with Crippen LogP contribution in [0.3, 0.4) is 0 Å². The van der Waals surface area contributed by atoms with Crippen LogP contribution in [0.25, 0.3) is 5.76 Å². The standard InChI is InChI=1S/C28H28N2O5/c1-4-14-35-22-11-12-23(18(2)15-22)26(31)24-25(20-7-9-21(34-3)10-8-20)30(28(33)27(24)32)17-19-6-5-13-29-16-19/h5-13,15-16,25,31H,4,14,17H2,1-3H3/b26-24+. The molecular weight excluding hydrogens is 444 g/mol. The number of hydrogen-bond donors (Lipinski definition) is 1. The van der Waals surface area contributed by atoms with E-state index < -0.39 is 17.7 Å². The monoisotopic (exact) mass is 472 g/mol. The van der Waals surface area contributed by atoms with Gasteiger partial charge in [0.05, 0.1) is 25.3 Å². The summed E-state index contributed by atoms with van der Waals surface area (Å²) in [5.41, 5.74) is 2.74. The predicted molar refractivity (Wildman–Crippen MR) is 132 cm³/mol. The highest BCUT2D eigenvalue weighted by Gasteiger charge is 2.46. The Morgan fingerprint density at radius 2 is 1.83 bits per heavy atom. The number of ether oxygens (including phenoxy) is 2. The van der Waals surface area contributed by atoms with Crippen molar-refractivity contribution in [3.8, 4) is 11.5 Å². The summed E-state index contributed by atoms with van der Waals surface area (Å²) < 4.78 is 11.0. The van der Waals surface area contributed by atoms with E-state index in [0.717, 1.165) is 17.5 Å². The molecule has 3 aromatic rings. The minimum Gasteiger partial charge on any atom is -0.507 e. The fourth-order valence-corrected chi connectivity index (χ4v) is 4.22. The molecule has 0 radical (unpaired) electrons. The van der Waals surface area contributed by atoms with Crippen molar-refractivity contribution >= 4 is 17.4 Å². The van der Waals surface area contributed by atoms with E-state index in [4.69, 9.17) is 9.47 Å². The maximum atomic E-state index is 13.3. The minimum atomic E-state index is -0.767. The first-order chi connectivity index (χ1) is 16.9. The molecule has 35 heavy (non-hydrogen) atoms. The highest BCUT2D eigenvalue weighted by atomic mass is 16.5. The lowest BCUT2D eigenvalue weighted by molar-refractivity contribution is -0.140. The van der Waals surface area contributed by atoms with Crippen molar-refractivity contribution in [3.63, 3.8) is 0 Å². The summed E-state index contributed by atoms with van der Waals surface area (Å²) in [6, 6.07) is 15.3. The Morgan fingerprint density at radius 3 is 2.46 bits per heavy atom. The molecule has 1 atom stereocenters. The molecule has 2 heterocycles. The van der Waals surface area contributed by atoms with E-state index in [2.05, 4.69) is 4.98 Å². The van der Waals surface area contributed by atoms with Gasteiger partial charge in [-0.15, -0.1) is 0 Å². The molecule has 1 unspecified atom stereocenters. The smallest absolute Gasteiger partial charge is 0.295 e. The first kappa shape index (κ1) is 24.0. The van der Waals surface area contributed by atoms with E-state index in [1.54, 1.807) is 62.0 Å². The van der Waals surface area contributed by atoms with Crippen LogP contribution >= 0.6 is 0 Å². The number of aliphatic hydroxyl groups excluding tert-OH is 1. The number of amides is 1. The van der Waals surface area contributed by atoms with Gasteiger partial charge in [-0.2, -0.15) is 0 Å². The Morgan fingerprint density at radius 1 is 1.09 bits per heavy atom. The van der Waals surface area contributed by atoms with E-state index in [1.807, 2.05) is 26.0 Å². The Hall–Kier alpha value is -4.13. The molecule has 180 valence electrons. The predicted octanol–water partition coefficient (Wildman–Crippen LogP) is 4.81. The summed E-state index contributed by atoms with van der Waals surface area (Å²) in [6.07, 6.45) is 4.18. The summed E-state index contributed by atoms with van der Waals surface area (Å²) >= 11 is 0. The van der Waals surface area contributed by atoms with Crippen LogP contribution in [0, 0.1) is 6.92 Å². The number of aromatic nitrogens is 1. The zero-order valence-corrected chi connectivity index (χ0v) is 20.0. The largest absolute Gasteiger partial charge is 0.507 e. The molecule has 1 aliphatic rings. The van der Waals surface area contributed by atoms with Crippen LogP contribution in [0.5, 0.6) is 11.5 Å². The number of hydrogen-bond acceptors (Lipinski definition) is 6. The molecule has 0 saturated carbocycles. The fraction of sp³-hybridized carbons (Fsp3) is 0.250. The van der Waals surface area contributed by atoms with Crippen molar-refractivity contribution in [1.82, 2.24) is 9.88 Å². The van der Waals surface area contributed by atoms with Crippen molar-refractivity contribution in [3.05, 3.63) is 94.8 Å². The molecule has 1 fully saturated rings. The molecule has 7 heteroatoms. The van der Waals surface area contributed by atoms with Crippen LogP contribution in [-0.4, -0.2) is 40.4 Å². The van der Waals surface area contributed by atoms with Crippen molar-refractivity contribution in [2.24, 2.45) is 0 Å². The molecular formula is C28H28N2O5. The Bertz CT molecular complexity index is 1250. The number of likely N-dealkylation sites (tertiary alicyclic amines) is 1. The van der Waals surface area contributed by atoms with Gasteiger partial charge in [-0.25, -0.2) is 0 Å². The molecule has 1 N–H and O–H groups in total. The topological polar surface area (TPSA) is 89.0 Å². The zero-order valence-electron chi connectivity index (χ0n) is 20.0. The van der Waals surface area contributed by atoms with Crippen LogP contribution < -0.4 is 9.47 Å². The number of pyridine rings is 1. The molecule has 1 saturated heterocycles. The van der Waals surface area contributed by atoms with E-state index >= 15 is 0 Å². The average molecular weight is 473 g/mol. The summed E-state index contributed by atoms with van der Waals surface area (Å²) in [4.78, 5) is 32.1. The van der Waals surface area contributed by atoms with Gasteiger partial charge >= 0.3 is 0 Å². The number of benzene rings is 2. The van der Waals surface area contributed by atoms with Crippen LogP contribution in [0.2, 0.25) is 0 Å². The number of ketones is 1. The van der Waals surface area contributed by atoms with E-state index in [-0.39, 0.29) is 17.9 Å². The molecule has 1 amide bonds. The van der Waals surface area contributed by atoms with Gasteiger partial charge in [-0.3, -0.25) is 14.6 Å². The average Bonchev–Trinajstić information content (AvgIpc) is 3.12. The Labute approximate surface area is 204 Å². The Balaban J connectivity index is 1.82. The van der Waals surface area contributed by atoms with Crippen LogP contribution in [0.4, 0.5) is 0 Å². The maximum Gasteiger partial charge on any atom is 0.295 e. The third-order valence-corrected chi connectivity index (χ3v) is 5.97. The fourth-order valence-electron chi connectivity index (χ4n) is 4.22. The van der Waals surface area contributed by atoms with Crippen molar-refractivity contribution in [2.45, 2.75) is 32.9 Å². The van der Waals surface area contributed by atoms with Gasteiger partial charge in [0.25, 0.3) is 11.7 Å². The number of nitrogens with zero attached hydrogens (tertiary/aromatic N) is 2. The van der Waals surface area contributed by atoms with Gasteiger partial charge in [-0.05, 0) is 66.4 Å². The summed E-state index contributed by atoms with van der Waals surface area (Å²) in [5.74, 6) is -0.270. The normalized spacial score (nSPS) is 17.0. The number of rotatable bonds is 8. The lowest BCUT2D eigenvalue weighted by Gasteiger charge is -2.25. The number of Topliss-reactive ketones (excluding diaryl/α,β-unsaturated/α-hetero) is 1. The molecule has 2 aromatic carbocycles. The van der Waals surface area contributed by atoms with Gasteiger partial charge in [0.1, 0.15) is 17.3 Å². The first-order valence-corrected chi connectivity index (χ1v) is 11.5. The van der Waals surface area contributed by atoms with E-state index in [9.17, 15) is 14.7 Å². The van der Waals surface area contributed by atoms with Gasteiger partial charge in [0, 0.05) is 24.5 Å². The quantitative estimate of drug-likeness (QED) is 0.288. The van der Waals surface area contributed by atoms with E-state index in [0.29, 0.717) is 29.2 Å². The van der Waals surface area contributed by atoms with Gasteiger partial charge in [-0.1, -0.05) is 25.1 Å². The number of aryl methyl sites for hydroxylation is 1. The summed E-state index contributed by atoms with van der Waals surface area (Å²) in [6.45, 7) is 4.62. The van der Waals surface area contributed by atoms with Gasteiger partial charge < -0.3 is 19.5 Å². The number of methoxy groups -OCH3 is 1. The third-order valence-electron chi connectivity index (χ3n) is 5.97.